The zero-order chi connectivity index (χ0) is 13.1. The third-order valence-electron chi connectivity index (χ3n) is 2.22. The van der Waals surface area contributed by atoms with Crippen molar-refractivity contribution in [1.82, 2.24) is 0 Å². The van der Waals surface area contributed by atoms with Crippen molar-refractivity contribution in [2.75, 3.05) is 5.73 Å². The predicted octanol–water partition coefficient (Wildman–Crippen LogP) is 4.10. The number of esters is 1. The highest BCUT2D eigenvalue weighted by molar-refractivity contribution is 9.11. The Bertz CT molecular complexity index is 565. The van der Waals surface area contributed by atoms with Crippen molar-refractivity contribution in [2.24, 2.45) is 0 Å². The molecule has 3 nitrogen and oxygen atoms in total. The average molecular weight is 347 g/mol. The van der Waals surface area contributed by atoms with E-state index in [2.05, 4.69) is 15.9 Å². The fourth-order valence-corrected chi connectivity index (χ4v) is 3.05. The summed E-state index contributed by atoms with van der Waals surface area (Å²) in [6.45, 7) is 0.208. The van der Waals surface area contributed by atoms with Crippen LogP contribution >= 0.6 is 38.9 Å². The normalized spacial score (nSPS) is 10.3. The van der Waals surface area contributed by atoms with E-state index in [0.29, 0.717) is 10.7 Å². The van der Waals surface area contributed by atoms with Gasteiger partial charge >= 0.3 is 5.97 Å². The summed E-state index contributed by atoms with van der Waals surface area (Å²) in [6, 6.07) is 8.70. The van der Waals surface area contributed by atoms with Crippen molar-refractivity contribution < 1.29 is 9.53 Å². The lowest BCUT2D eigenvalue weighted by Crippen LogP contribution is -2.08. The van der Waals surface area contributed by atoms with Crippen molar-refractivity contribution in [1.29, 1.82) is 0 Å². The van der Waals surface area contributed by atoms with Gasteiger partial charge < -0.3 is 10.5 Å². The molecule has 0 saturated carbocycles. The highest BCUT2D eigenvalue weighted by Gasteiger charge is 2.15. The number of nitrogens with two attached hydrogens (primary N) is 1. The molecule has 18 heavy (non-hydrogen) atoms. The van der Waals surface area contributed by atoms with Gasteiger partial charge in [-0.05, 0) is 40.2 Å². The lowest BCUT2D eigenvalue weighted by Gasteiger charge is -2.07. The summed E-state index contributed by atoms with van der Waals surface area (Å²) in [5.74, 6) is -0.511. The Morgan fingerprint density at radius 3 is 2.78 bits per heavy atom. The molecular formula is C12H9BrClNO2S. The molecule has 2 aromatic rings. The fourth-order valence-electron chi connectivity index (χ4n) is 1.39. The third-order valence-corrected chi connectivity index (χ3v) is 4.14. The molecule has 2 rings (SSSR count). The van der Waals surface area contributed by atoms with Crippen LogP contribution in [0.5, 0.6) is 0 Å². The molecule has 0 aliphatic heterocycles. The minimum atomic E-state index is -0.511. The molecule has 0 atom stereocenters. The Hall–Kier alpha value is -1.04. The van der Waals surface area contributed by atoms with E-state index in [1.807, 2.05) is 12.1 Å². The maximum Gasteiger partial charge on any atom is 0.342 e. The summed E-state index contributed by atoms with van der Waals surface area (Å²) in [7, 11) is 0. The fraction of sp³-hybridized carbons (Fsp3) is 0.0833. The first-order valence-electron chi connectivity index (χ1n) is 5.03. The molecule has 0 bridgehead atoms. The number of nitrogen functional groups attached to an aromatic ring is 1. The molecule has 6 heteroatoms. The summed E-state index contributed by atoms with van der Waals surface area (Å²) in [5.41, 5.74) is 6.24. The van der Waals surface area contributed by atoms with Gasteiger partial charge in [0.25, 0.3) is 0 Å². The van der Waals surface area contributed by atoms with Crippen LogP contribution in [0.25, 0.3) is 0 Å². The maximum absolute atomic E-state index is 11.9. The van der Waals surface area contributed by atoms with Crippen LogP contribution in [0.2, 0.25) is 5.02 Å². The van der Waals surface area contributed by atoms with Crippen LogP contribution in [0.15, 0.2) is 34.1 Å². The van der Waals surface area contributed by atoms with Gasteiger partial charge in [0.15, 0.2) is 0 Å². The van der Waals surface area contributed by atoms with E-state index >= 15 is 0 Å². The summed E-state index contributed by atoms with van der Waals surface area (Å²) in [4.78, 5) is 12.8. The number of halogens is 2. The molecule has 0 radical (unpaired) electrons. The van der Waals surface area contributed by atoms with Gasteiger partial charge in [0.1, 0.15) is 12.2 Å². The topological polar surface area (TPSA) is 52.3 Å². The Labute approximate surface area is 122 Å². The second-order valence-electron chi connectivity index (χ2n) is 3.49. The van der Waals surface area contributed by atoms with E-state index in [4.69, 9.17) is 22.1 Å². The van der Waals surface area contributed by atoms with Gasteiger partial charge in [-0.2, -0.15) is 0 Å². The van der Waals surface area contributed by atoms with Gasteiger partial charge in [-0.1, -0.05) is 17.7 Å². The van der Waals surface area contributed by atoms with Crippen LogP contribution in [0.1, 0.15) is 15.2 Å². The second kappa shape index (κ2) is 5.73. The molecule has 0 amide bonds. The maximum atomic E-state index is 11.9. The highest BCUT2D eigenvalue weighted by Crippen LogP contribution is 2.25. The van der Waals surface area contributed by atoms with Gasteiger partial charge in [0.2, 0.25) is 0 Å². The Balaban J connectivity index is 2.08. The number of thiophene rings is 1. The van der Waals surface area contributed by atoms with E-state index in [-0.39, 0.29) is 12.2 Å². The largest absolute Gasteiger partial charge is 0.456 e. The molecule has 1 heterocycles. The van der Waals surface area contributed by atoms with Gasteiger partial charge in [-0.25, -0.2) is 4.79 Å². The standard InChI is InChI=1S/C12H9BrClNO2S/c13-10-5-4-7(18-10)6-17-12(16)11-8(14)2-1-3-9(11)15/h1-5H,6,15H2. The van der Waals surface area contributed by atoms with Crippen LogP contribution < -0.4 is 5.73 Å². The quantitative estimate of drug-likeness (QED) is 0.672. The van der Waals surface area contributed by atoms with Crippen LogP contribution in [0.4, 0.5) is 5.69 Å². The highest BCUT2D eigenvalue weighted by atomic mass is 79.9. The minimum Gasteiger partial charge on any atom is -0.456 e. The molecule has 0 spiro atoms. The van der Waals surface area contributed by atoms with Crippen LogP contribution in [0.3, 0.4) is 0 Å². The number of ether oxygens (including phenoxy) is 1. The molecule has 0 unspecified atom stereocenters. The molecular weight excluding hydrogens is 338 g/mol. The summed E-state index contributed by atoms with van der Waals surface area (Å²) in [6.07, 6.45) is 0. The number of hydrogen-bond donors (Lipinski definition) is 1. The molecule has 94 valence electrons. The van der Waals surface area contributed by atoms with Crippen LogP contribution in [-0.2, 0) is 11.3 Å². The third kappa shape index (κ3) is 3.04. The molecule has 0 saturated heterocycles. The zero-order valence-electron chi connectivity index (χ0n) is 9.15. The van der Waals surface area contributed by atoms with Gasteiger partial charge in [-0.15, -0.1) is 11.3 Å². The average Bonchev–Trinajstić information content (AvgIpc) is 2.72. The molecule has 0 aliphatic carbocycles. The lowest BCUT2D eigenvalue weighted by molar-refractivity contribution is 0.0478. The van der Waals surface area contributed by atoms with Crippen molar-refractivity contribution >= 4 is 50.5 Å². The number of carbonyl (C=O) groups is 1. The monoisotopic (exact) mass is 345 g/mol. The number of rotatable bonds is 3. The molecule has 1 aromatic carbocycles. The zero-order valence-corrected chi connectivity index (χ0v) is 12.3. The first kappa shape index (κ1) is 13.4. The van der Waals surface area contributed by atoms with Crippen LogP contribution in [-0.4, -0.2) is 5.97 Å². The summed E-state index contributed by atoms with van der Waals surface area (Å²) < 4.78 is 6.17. The van der Waals surface area contributed by atoms with Gasteiger partial charge in [0, 0.05) is 10.6 Å². The molecule has 0 aliphatic rings. The first-order chi connectivity index (χ1) is 8.58. The van der Waals surface area contributed by atoms with Crippen molar-refractivity contribution in [3.63, 3.8) is 0 Å². The summed E-state index contributed by atoms with van der Waals surface area (Å²) in [5, 5.41) is 0.298. The van der Waals surface area contributed by atoms with E-state index in [1.54, 1.807) is 18.2 Å². The van der Waals surface area contributed by atoms with Gasteiger partial charge in [0.05, 0.1) is 8.81 Å². The number of anilines is 1. The number of hydrogen-bond acceptors (Lipinski definition) is 4. The smallest absolute Gasteiger partial charge is 0.342 e. The predicted molar refractivity (Wildman–Crippen MR) is 77.0 cm³/mol. The van der Waals surface area contributed by atoms with Crippen LogP contribution in [0, 0.1) is 0 Å². The molecule has 0 fully saturated rings. The Morgan fingerprint density at radius 1 is 1.39 bits per heavy atom. The summed E-state index contributed by atoms with van der Waals surface area (Å²) >= 11 is 10.8. The first-order valence-corrected chi connectivity index (χ1v) is 7.02. The van der Waals surface area contributed by atoms with Gasteiger partial charge in [-0.3, -0.25) is 0 Å². The van der Waals surface area contributed by atoms with Crippen molar-refractivity contribution in [3.8, 4) is 0 Å². The lowest BCUT2D eigenvalue weighted by atomic mass is 10.2. The molecule has 2 N–H and O–H groups in total. The number of carbonyl (C=O) groups excluding carboxylic acids is 1. The number of benzene rings is 1. The van der Waals surface area contributed by atoms with E-state index in [9.17, 15) is 4.79 Å². The Kier molecular flexibility index (Phi) is 4.27. The van der Waals surface area contributed by atoms with E-state index in [0.717, 1.165) is 8.66 Å². The molecule has 1 aromatic heterocycles. The second-order valence-corrected chi connectivity index (χ2v) is 6.44. The SMILES string of the molecule is Nc1cccc(Cl)c1C(=O)OCc1ccc(Br)s1. The minimum absolute atomic E-state index is 0.208. The Morgan fingerprint density at radius 2 is 2.17 bits per heavy atom. The van der Waals surface area contributed by atoms with Crippen molar-refractivity contribution in [3.05, 3.63) is 49.6 Å². The van der Waals surface area contributed by atoms with Crippen molar-refractivity contribution in [2.45, 2.75) is 6.61 Å². The van der Waals surface area contributed by atoms with E-state index < -0.39 is 5.97 Å². The van der Waals surface area contributed by atoms with E-state index in [1.165, 1.54) is 11.3 Å².